The quantitative estimate of drug-likeness (QED) is 0.132. The molecule has 0 spiro atoms. The van der Waals surface area contributed by atoms with Crippen molar-refractivity contribution in [3.05, 3.63) is 115 Å². The molecule has 1 aliphatic rings. The second-order valence-corrected chi connectivity index (χ2v) is 19.2. The van der Waals surface area contributed by atoms with E-state index in [2.05, 4.69) is 172 Å². The van der Waals surface area contributed by atoms with E-state index in [0.29, 0.717) is 0 Å². The number of aromatic nitrogens is 2. The summed E-state index contributed by atoms with van der Waals surface area (Å²) < 4.78 is 2.30. The Morgan fingerprint density at radius 2 is 1.41 bits per heavy atom. The van der Waals surface area contributed by atoms with E-state index in [4.69, 9.17) is 4.98 Å². The van der Waals surface area contributed by atoms with Gasteiger partial charge in [0.1, 0.15) is 5.82 Å². The van der Waals surface area contributed by atoms with Crippen LogP contribution in [-0.4, -0.2) is 29.8 Å². The van der Waals surface area contributed by atoms with Crippen molar-refractivity contribution in [1.29, 1.82) is 0 Å². The average molecular weight is 802 g/mol. The van der Waals surface area contributed by atoms with E-state index in [-0.39, 0.29) is 32.0 Å². The van der Waals surface area contributed by atoms with Crippen LogP contribution in [0.5, 0.6) is 0 Å². The monoisotopic (exact) mass is 801 g/mol. The van der Waals surface area contributed by atoms with Gasteiger partial charge in [-0.25, -0.2) is 4.98 Å². The molecule has 4 aromatic carbocycles. The topological polar surface area (TPSA) is 24.3 Å². The van der Waals surface area contributed by atoms with Crippen molar-refractivity contribution in [2.24, 2.45) is 0 Å². The Labute approximate surface area is 289 Å². The maximum absolute atomic E-state index is 4.88. The van der Waals surface area contributed by atoms with Gasteiger partial charge in [-0.2, -0.15) is 46.8 Å². The molecule has 0 N–H and O–H groups in total. The molecule has 236 valence electrons. The molecular weight excluding hydrogens is 760 g/mol. The SMILES string of the molecule is CC(C)(C)c1ccnc(-n2c3[c-]c([Si](C)(C)c4[c-]c(N5CN(C(C)(C)C)c6ccccc65)ccc4)ccc3c3ccccc32)c1.[Pt+2]. The Balaban J connectivity index is 0.00000372. The van der Waals surface area contributed by atoms with Crippen LogP contribution in [0.3, 0.4) is 0 Å². The van der Waals surface area contributed by atoms with Crippen molar-refractivity contribution in [2.75, 3.05) is 16.5 Å². The molecule has 0 saturated heterocycles. The zero-order valence-electron chi connectivity index (χ0n) is 28.0. The molecule has 6 heteroatoms. The molecule has 0 saturated carbocycles. The minimum absolute atomic E-state index is 0. The zero-order chi connectivity index (χ0) is 31.7. The second-order valence-electron chi connectivity index (χ2n) is 14.9. The molecule has 2 aromatic heterocycles. The van der Waals surface area contributed by atoms with Crippen molar-refractivity contribution < 1.29 is 21.1 Å². The molecule has 0 bridgehead atoms. The summed E-state index contributed by atoms with van der Waals surface area (Å²) in [7, 11) is -2.20. The van der Waals surface area contributed by atoms with E-state index in [1.54, 1.807) is 0 Å². The maximum atomic E-state index is 4.88. The van der Waals surface area contributed by atoms with Crippen LogP contribution in [0.25, 0.3) is 27.6 Å². The first-order valence-electron chi connectivity index (χ1n) is 15.9. The van der Waals surface area contributed by atoms with E-state index in [0.717, 1.165) is 29.2 Å². The van der Waals surface area contributed by atoms with Gasteiger partial charge >= 0.3 is 21.1 Å². The molecule has 0 unspecified atom stereocenters. The summed E-state index contributed by atoms with van der Waals surface area (Å²) in [6.45, 7) is 19.3. The van der Waals surface area contributed by atoms with Gasteiger partial charge in [0.15, 0.2) is 0 Å². The molecule has 0 aliphatic carbocycles. The number of pyridine rings is 1. The molecule has 7 rings (SSSR count). The molecule has 4 nitrogen and oxygen atoms in total. The fourth-order valence-electron chi connectivity index (χ4n) is 6.62. The second kappa shape index (κ2) is 11.5. The van der Waals surface area contributed by atoms with Crippen LogP contribution in [0.4, 0.5) is 17.1 Å². The fraction of sp³-hybridized carbons (Fsp3) is 0.275. The number of rotatable bonds is 4. The molecule has 0 fully saturated rings. The predicted molar refractivity (Wildman–Crippen MR) is 194 cm³/mol. The predicted octanol–water partition coefficient (Wildman–Crippen LogP) is 8.61. The third-order valence-corrected chi connectivity index (χ3v) is 12.7. The molecule has 0 radical (unpaired) electrons. The minimum atomic E-state index is -2.20. The van der Waals surface area contributed by atoms with Crippen LogP contribution in [-0.2, 0) is 26.5 Å². The molecular formula is C40H42N4PtSi. The average Bonchev–Trinajstić information content (AvgIpc) is 3.57. The first kappa shape index (κ1) is 32.3. The number of anilines is 3. The third-order valence-electron chi connectivity index (χ3n) is 9.40. The Morgan fingerprint density at radius 1 is 0.717 bits per heavy atom. The van der Waals surface area contributed by atoms with Crippen molar-refractivity contribution in [2.45, 2.75) is 65.6 Å². The van der Waals surface area contributed by atoms with Gasteiger partial charge < -0.3 is 14.4 Å². The van der Waals surface area contributed by atoms with Crippen molar-refractivity contribution in [1.82, 2.24) is 9.55 Å². The Kier molecular flexibility index (Phi) is 8.10. The van der Waals surface area contributed by atoms with Crippen molar-refractivity contribution >= 4 is 57.3 Å². The van der Waals surface area contributed by atoms with Gasteiger partial charge in [-0.1, -0.05) is 75.4 Å². The van der Waals surface area contributed by atoms with Crippen molar-refractivity contribution in [3.8, 4) is 5.82 Å². The summed E-state index contributed by atoms with van der Waals surface area (Å²) in [6.07, 6.45) is 1.94. The Bertz CT molecular complexity index is 2060. The number of para-hydroxylation sites is 3. The van der Waals surface area contributed by atoms with E-state index in [1.807, 2.05) is 6.20 Å². The number of nitrogens with zero attached hydrogens (tertiary/aromatic N) is 4. The third kappa shape index (κ3) is 5.42. The zero-order valence-corrected chi connectivity index (χ0v) is 31.3. The van der Waals surface area contributed by atoms with Crippen LogP contribution >= 0.6 is 0 Å². The maximum Gasteiger partial charge on any atom is 2.00 e. The first-order chi connectivity index (χ1) is 21.3. The Hall–Kier alpha value is -3.66. The number of hydrogen-bond acceptors (Lipinski definition) is 3. The summed E-state index contributed by atoms with van der Waals surface area (Å²) in [5.74, 6) is 0.936. The van der Waals surface area contributed by atoms with Crippen LogP contribution in [0, 0.1) is 12.1 Å². The summed E-state index contributed by atoms with van der Waals surface area (Å²) in [5.41, 5.74) is 7.18. The Morgan fingerprint density at radius 3 is 2.15 bits per heavy atom. The van der Waals surface area contributed by atoms with Crippen LogP contribution in [0.1, 0.15) is 47.1 Å². The van der Waals surface area contributed by atoms with E-state index in [9.17, 15) is 0 Å². The number of fused-ring (bicyclic) bond motifs is 4. The van der Waals surface area contributed by atoms with Gasteiger partial charge in [0.05, 0.1) is 26.1 Å². The summed E-state index contributed by atoms with van der Waals surface area (Å²) in [5, 5.41) is 4.97. The molecule has 46 heavy (non-hydrogen) atoms. The van der Waals surface area contributed by atoms with E-state index in [1.165, 1.54) is 38.1 Å². The fourth-order valence-corrected chi connectivity index (χ4v) is 8.79. The van der Waals surface area contributed by atoms with Gasteiger partial charge in [0.25, 0.3) is 0 Å². The summed E-state index contributed by atoms with van der Waals surface area (Å²) >= 11 is 0. The smallest absolute Gasteiger partial charge is 0.347 e. The van der Waals surface area contributed by atoms with Gasteiger partial charge in [0, 0.05) is 17.3 Å². The first-order valence-corrected chi connectivity index (χ1v) is 18.9. The summed E-state index contributed by atoms with van der Waals surface area (Å²) in [4.78, 5) is 9.77. The molecule has 3 heterocycles. The van der Waals surface area contributed by atoms with Crippen LogP contribution < -0.4 is 20.2 Å². The summed E-state index contributed by atoms with van der Waals surface area (Å²) in [6, 6.07) is 40.9. The standard InChI is InChI=1S/C40H42N4Si.Pt/c1-39(2,3)28-22-23-41-38(24-28)44-34-17-10-9-16-32(34)33-21-20-31(26-37(33)44)45(7,8)30-15-13-14-29(25-30)42-27-43(40(4,5)6)36-19-12-11-18-35(36)42;/h9-24H,27H2,1-8H3;/q-2;+2. The van der Waals surface area contributed by atoms with Crippen LogP contribution in [0.15, 0.2) is 97.2 Å². The minimum Gasteiger partial charge on any atom is -0.347 e. The van der Waals surface area contributed by atoms with Gasteiger partial charge in [-0.15, -0.1) is 11.5 Å². The van der Waals surface area contributed by atoms with E-state index < -0.39 is 8.07 Å². The van der Waals surface area contributed by atoms with Gasteiger partial charge in [0.2, 0.25) is 0 Å². The van der Waals surface area contributed by atoms with Crippen LogP contribution in [0.2, 0.25) is 13.1 Å². The van der Waals surface area contributed by atoms with E-state index >= 15 is 0 Å². The van der Waals surface area contributed by atoms with Crippen molar-refractivity contribution in [3.63, 3.8) is 0 Å². The normalized spacial score (nSPS) is 13.7. The largest absolute Gasteiger partial charge is 2.00 e. The molecule has 6 aromatic rings. The molecule has 1 aliphatic heterocycles. The van der Waals surface area contributed by atoms with Gasteiger partial charge in [-0.05, 0) is 67.5 Å². The molecule has 0 atom stereocenters. The number of hydrogen-bond donors (Lipinski definition) is 0. The number of benzene rings is 4. The molecule has 0 amide bonds. The van der Waals surface area contributed by atoms with Gasteiger partial charge in [-0.3, -0.25) is 0 Å².